The Morgan fingerprint density at radius 2 is 2.08 bits per heavy atom. The quantitative estimate of drug-likeness (QED) is 0.748. The van der Waals surface area contributed by atoms with Crippen LogP contribution in [0.25, 0.3) is 0 Å². The van der Waals surface area contributed by atoms with Crippen molar-refractivity contribution in [1.82, 2.24) is 10.2 Å². The lowest BCUT2D eigenvalue weighted by atomic mass is 10.0. The van der Waals surface area contributed by atoms with Gasteiger partial charge in [0.2, 0.25) is 5.91 Å². The summed E-state index contributed by atoms with van der Waals surface area (Å²) in [6.45, 7) is 1.98. The number of rotatable bonds is 6. The lowest BCUT2D eigenvalue weighted by molar-refractivity contribution is -0.137. The Bertz CT molecular complexity index is 599. The average molecular weight is 414 g/mol. The molecule has 1 saturated heterocycles. The molecule has 9 heteroatoms. The highest BCUT2D eigenvalue weighted by molar-refractivity contribution is 6.31. The average Bonchev–Trinajstić information content (AvgIpc) is 2.55. The third-order valence-corrected chi connectivity index (χ3v) is 4.71. The zero-order valence-electron chi connectivity index (χ0n) is 14.3. The van der Waals surface area contributed by atoms with E-state index in [9.17, 15) is 18.0 Å². The summed E-state index contributed by atoms with van der Waals surface area (Å²) in [6.07, 6.45) is -1.25. The van der Waals surface area contributed by atoms with Crippen LogP contribution in [0.5, 0.6) is 0 Å². The number of carbonyl (C=O) groups is 1. The van der Waals surface area contributed by atoms with E-state index in [0.29, 0.717) is 25.2 Å². The minimum Gasteiger partial charge on any atom is -0.354 e. The Morgan fingerprint density at radius 1 is 1.35 bits per heavy atom. The van der Waals surface area contributed by atoms with Crippen molar-refractivity contribution < 1.29 is 18.0 Å². The summed E-state index contributed by atoms with van der Waals surface area (Å²) >= 11 is 5.68. The van der Waals surface area contributed by atoms with Gasteiger partial charge in [0.1, 0.15) is 0 Å². The first-order valence-corrected chi connectivity index (χ1v) is 8.75. The van der Waals surface area contributed by atoms with Crippen LogP contribution in [-0.2, 0) is 17.5 Å². The van der Waals surface area contributed by atoms with Crippen molar-refractivity contribution in [3.05, 3.63) is 34.3 Å². The molecule has 0 saturated carbocycles. The van der Waals surface area contributed by atoms with Crippen molar-refractivity contribution >= 4 is 29.9 Å². The molecule has 0 bridgehead atoms. The fraction of sp³-hybridized carbons (Fsp3) is 0.588. The summed E-state index contributed by atoms with van der Waals surface area (Å²) in [5, 5.41) is 2.56. The molecule has 2 rings (SSSR count). The highest BCUT2D eigenvalue weighted by Crippen LogP contribution is 2.35. The molecule has 26 heavy (non-hydrogen) atoms. The van der Waals surface area contributed by atoms with Crippen molar-refractivity contribution in [2.45, 2.75) is 44.4 Å². The summed E-state index contributed by atoms with van der Waals surface area (Å²) in [5.41, 5.74) is 5.11. The van der Waals surface area contributed by atoms with Gasteiger partial charge in [-0.25, -0.2) is 0 Å². The summed E-state index contributed by atoms with van der Waals surface area (Å²) in [4.78, 5) is 13.7. The monoisotopic (exact) mass is 413 g/mol. The van der Waals surface area contributed by atoms with E-state index in [2.05, 4.69) is 10.2 Å². The number of hydrogen-bond donors (Lipinski definition) is 2. The van der Waals surface area contributed by atoms with Gasteiger partial charge in [-0.2, -0.15) is 13.2 Å². The number of carbonyl (C=O) groups excluding carboxylic acids is 1. The van der Waals surface area contributed by atoms with Crippen LogP contribution in [-0.4, -0.2) is 36.5 Å². The lowest BCUT2D eigenvalue weighted by Gasteiger charge is -2.36. The highest BCUT2D eigenvalue weighted by atomic mass is 35.5. The third-order valence-electron chi connectivity index (χ3n) is 4.38. The van der Waals surface area contributed by atoms with Gasteiger partial charge in [-0.15, -0.1) is 12.4 Å². The Kier molecular flexibility index (Phi) is 9.16. The zero-order valence-corrected chi connectivity index (χ0v) is 15.9. The molecule has 1 aromatic carbocycles. The Balaban J connectivity index is 0.00000338. The molecule has 4 nitrogen and oxygen atoms in total. The molecule has 0 radical (unpaired) electrons. The Labute approximate surface area is 162 Å². The van der Waals surface area contributed by atoms with Crippen molar-refractivity contribution in [3.63, 3.8) is 0 Å². The van der Waals surface area contributed by atoms with Gasteiger partial charge < -0.3 is 11.1 Å². The third kappa shape index (κ3) is 6.61. The van der Waals surface area contributed by atoms with Gasteiger partial charge in [-0.1, -0.05) is 24.1 Å². The fourth-order valence-corrected chi connectivity index (χ4v) is 3.30. The number of likely N-dealkylation sites (tertiary alicyclic amines) is 1. The number of halogens is 5. The number of amides is 1. The van der Waals surface area contributed by atoms with Crippen molar-refractivity contribution in [2.24, 2.45) is 5.73 Å². The number of nitrogens with one attached hydrogen (secondary N) is 1. The van der Waals surface area contributed by atoms with Gasteiger partial charge in [0.05, 0.1) is 10.6 Å². The van der Waals surface area contributed by atoms with E-state index >= 15 is 0 Å². The molecule has 1 amide bonds. The molecular formula is C17H24Cl2F3N3O. The van der Waals surface area contributed by atoms with E-state index in [1.54, 1.807) is 6.07 Å². The summed E-state index contributed by atoms with van der Waals surface area (Å²) in [7, 11) is 0. The summed E-state index contributed by atoms with van der Waals surface area (Å²) in [6, 6.07) is 4.14. The van der Waals surface area contributed by atoms with Crippen LogP contribution in [0.4, 0.5) is 13.2 Å². The van der Waals surface area contributed by atoms with Crippen LogP contribution < -0.4 is 11.1 Å². The van der Waals surface area contributed by atoms with Gasteiger partial charge in [-0.05, 0) is 37.1 Å². The summed E-state index contributed by atoms with van der Waals surface area (Å²) in [5.74, 6) is -0.0983. The van der Waals surface area contributed by atoms with Gasteiger partial charge in [0.15, 0.2) is 0 Å². The second-order valence-electron chi connectivity index (χ2n) is 6.27. The molecule has 1 unspecified atom stereocenters. The standard InChI is InChI=1S/C17H23ClF3N3O.ClH/c18-15-5-4-12(9-14(15)17(19,20)21)11-24-8-2-1-3-13(24)10-23-16(25)6-7-22;/h4-5,9,13H,1-3,6-8,10-11,22H2,(H,23,25);1H. The SMILES string of the molecule is Cl.NCCC(=O)NCC1CCCCN1Cc1ccc(Cl)c(C(F)(F)F)c1. The minimum atomic E-state index is -4.47. The topological polar surface area (TPSA) is 58.4 Å². The normalized spacial score (nSPS) is 18.3. The molecule has 1 fully saturated rings. The molecule has 1 atom stereocenters. The van der Waals surface area contributed by atoms with Crippen LogP contribution in [0.1, 0.15) is 36.8 Å². The van der Waals surface area contributed by atoms with Crippen LogP contribution in [0.15, 0.2) is 18.2 Å². The zero-order chi connectivity index (χ0) is 18.4. The van der Waals surface area contributed by atoms with Crippen LogP contribution in [0.3, 0.4) is 0 Å². The van der Waals surface area contributed by atoms with Gasteiger partial charge in [-0.3, -0.25) is 9.69 Å². The molecule has 0 aliphatic carbocycles. The number of piperidine rings is 1. The first-order chi connectivity index (χ1) is 11.8. The maximum absolute atomic E-state index is 13.0. The lowest BCUT2D eigenvalue weighted by Crippen LogP contribution is -2.46. The van der Waals surface area contributed by atoms with Gasteiger partial charge in [0, 0.05) is 32.1 Å². The van der Waals surface area contributed by atoms with Crippen LogP contribution in [0, 0.1) is 0 Å². The molecular weight excluding hydrogens is 390 g/mol. The second kappa shape index (κ2) is 10.3. The number of alkyl halides is 3. The molecule has 1 aromatic rings. The predicted octanol–water partition coefficient (Wildman–Crippen LogP) is 3.60. The number of hydrogen-bond acceptors (Lipinski definition) is 3. The van der Waals surface area contributed by atoms with Crippen molar-refractivity contribution in [1.29, 1.82) is 0 Å². The smallest absolute Gasteiger partial charge is 0.354 e. The first-order valence-electron chi connectivity index (χ1n) is 8.37. The molecule has 1 heterocycles. The van der Waals surface area contributed by atoms with E-state index in [1.165, 1.54) is 6.07 Å². The van der Waals surface area contributed by atoms with E-state index in [1.807, 2.05) is 0 Å². The first kappa shape index (κ1) is 23.0. The van der Waals surface area contributed by atoms with E-state index in [-0.39, 0.29) is 35.8 Å². The van der Waals surface area contributed by atoms with E-state index in [0.717, 1.165) is 31.9 Å². The van der Waals surface area contributed by atoms with Crippen LogP contribution >= 0.6 is 24.0 Å². The van der Waals surface area contributed by atoms with Gasteiger partial charge in [0.25, 0.3) is 0 Å². The van der Waals surface area contributed by atoms with Crippen molar-refractivity contribution in [2.75, 3.05) is 19.6 Å². The summed E-state index contributed by atoms with van der Waals surface area (Å²) < 4.78 is 39.0. The Morgan fingerprint density at radius 3 is 2.73 bits per heavy atom. The fourth-order valence-electron chi connectivity index (χ4n) is 3.07. The number of benzene rings is 1. The minimum absolute atomic E-state index is 0. The highest BCUT2D eigenvalue weighted by Gasteiger charge is 2.33. The van der Waals surface area contributed by atoms with Gasteiger partial charge >= 0.3 is 6.18 Å². The molecule has 148 valence electrons. The molecule has 3 N–H and O–H groups in total. The van der Waals surface area contributed by atoms with Crippen molar-refractivity contribution in [3.8, 4) is 0 Å². The molecule has 0 spiro atoms. The molecule has 0 aromatic heterocycles. The van der Waals surface area contributed by atoms with E-state index < -0.39 is 11.7 Å². The largest absolute Gasteiger partial charge is 0.417 e. The maximum atomic E-state index is 13.0. The second-order valence-corrected chi connectivity index (χ2v) is 6.68. The number of nitrogens with two attached hydrogens (primary N) is 1. The number of nitrogens with zero attached hydrogens (tertiary/aromatic N) is 1. The molecule has 1 aliphatic heterocycles. The Hall–Kier alpha value is -1.02. The predicted molar refractivity (Wildman–Crippen MR) is 98.4 cm³/mol. The molecule has 1 aliphatic rings. The van der Waals surface area contributed by atoms with E-state index in [4.69, 9.17) is 17.3 Å². The van der Waals surface area contributed by atoms with Crippen LogP contribution in [0.2, 0.25) is 5.02 Å². The maximum Gasteiger partial charge on any atom is 0.417 e.